The Balaban J connectivity index is 1.36. The molecule has 2 N–H and O–H groups in total. The van der Waals surface area contributed by atoms with Crippen LogP contribution in [-0.2, 0) is 16.8 Å². The van der Waals surface area contributed by atoms with Crippen molar-refractivity contribution in [2.45, 2.75) is 56.9 Å². The number of anilines is 1. The third-order valence-corrected chi connectivity index (χ3v) is 8.31. The van der Waals surface area contributed by atoms with Crippen LogP contribution in [0.5, 0.6) is 0 Å². The van der Waals surface area contributed by atoms with Gasteiger partial charge in [0.25, 0.3) is 5.56 Å². The van der Waals surface area contributed by atoms with Gasteiger partial charge >= 0.3 is 5.97 Å². The van der Waals surface area contributed by atoms with E-state index in [1.54, 1.807) is 10.9 Å². The number of nitrogens with one attached hydrogen (secondary N) is 1. The largest absolute Gasteiger partial charge is 0.481 e. The number of nitrogens with zero attached hydrogens (tertiary/aromatic N) is 2. The molecular formula is C24H27Cl2N3O3. The number of rotatable bonds is 7. The first kappa shape index (κ1) is 21.8. The second-order valence-electron chi connectivity index (χ2n) is 10.1. The van der Waals surface area contributed by atoms with Crippen molar-refractivity contribution in [3.05, 3.63) is 56.4 Å². The van der Waals surface area contributed by atoms with Crippen LogP contribution >= 0.6 is 23.2 Å². The van der Waals surface area contributed by atoms with Crippen LogP contribution in [0.1, 0.15) is 50.5 Å². The third kappa shape index (κ3) is 3.92. The number of hydrogen-bond donors (Lipinski definition) is 2. The van der Waals surface area contributed by atoms with E-state index >= 15 is 0 Å². The monoisotopic (exact) mass is 475 g/mol. The summed E-state index contributed by atoms with van der Waals surface area (Å²) in [6.45, 7) is 0.615. The molecule has 32 heavy (non-hydrogen) atoms. The van der Waals surface area contributed by atoms with Gasteiger partial charge in [0, 0.05) is 11.6 Å². The molecule has 4 aliphatic carbocycles. The smallest absolute Gasteiger partial charge is 0.303 e. The topological polar surface area (TPSA) is 84.2 Å². The molecule has 0 radical (unpaired) electrons. The minimum absolute atomic E-state index is 0.152. The molecule has 6 nitrogen and oxygen atoms in total. The maximum atomic E-state index is 13.3. The lowest BCUT2D eigenvalue weighted by molar-refractivity contribution is -0.151. The van der Waals surface area contributed by atoms with Crippen LogP contribution in [0.3, 0.4) is 0 Å². The Morgan fingerprint density at radius 2 is 1.84 bits per heavy atom. The molecule has 2 aromatic rings. The fourth-order valence-electron chi connectivity index (χ4n) is 7.06. The van der Waals surface area contributed by atoms with Gasteiger partial charge in [-0.05, 0) is 79.9 Å². The summed E-state index contributed by atoms with van der Waals surface area (Å²) in [5, 5.41) is 18.2. The van der Waals surface area contributed by atoms with Crippen LogP contribution in [0.25, 0.3) is 0 Å². The summed E-state index contributed by atoms with van der Waals surface area (Å²) in [6, 6.07) is 7.66. The van der Waals surface area contributed by atoms with E-state index in [1.165, 1.54) is 0 Å². The number of halogens is 2. The quantitative estimate of drug-likeness (QED) is 0.589. The number of benzene rings is 1. The fourth-order valence-corrected chi connectivity index (χ4v) is 7.39. The molecule has 0 saturated heterocycles. The van der Waals surface area contributed by atoms with Crippen molar-refractivity contribution in [3.8, 4) is 0 Å². The van der Waals surface area contributed by atoms with Crippen molar-refractivity contribution in [3.63, 3.8) is 0 Å². The average molecular weight is 476 g/mol. The maximum Gasteiger partial charge on any atom is 0.303 e. The molecule has 4 bridgehead atoms. The first-order valence-electron chi connectivity index (χ1n) is 11.3. The number of aliphatic carboxylic acids is 1. The van der Waals surface area contributed by atoms with Crippen LogP contribution in [0.2, 0.25) is 10.0 Å². The molecule has 4 saturated carbocycles. The highest BCUT2D eigenvalue weighted by molar-refractivity contribution is 6.33. The van der Waals surface area contributed by atoms with E-state index in [-0.39, 0.29) is 22.4 Å². The standard InChI is InChI=1S/C24H27Cl2N3O3/c25-18-3-1-15(2-4-18)5-6-27-19-13-28-29(22(32)21(19)26)24-10-16-7-17(11-24)9-23(8-16,14-24)12-20(30)31/h1-4,13,16-17,27H,5-12,14H2,(H,30,31)/t16-,17-,23?,24?/m0/s1. The lowest BCUT2D eigenvalue weighted by Gasteiger charge is -2.61. The van der Waals surface area contributed by atoms with E-state index in [4.69, 9.17) is 23.2 Å². The predicted molar refractivity (Wildman–Crippen MR) is 124 cm³/mol. The number of carbonyl (C=O) groups is 1. The summed E-state index contributed by atoms with van der Waals surface area (Å²) in [4.78, 5) is 24.9. The van der Waals surface area contributed by atoms with Gasteiger partial charge in [0.15, 0.2) is 0 Å². The Morgan fingerprint density at radius 1 is 1.16 bits per heavy atom. The number of carboxylic acid groups (broad SMARTS) is 1. The lowest BCUT2D eigenvalue weighted by Crippen LogP contribution is -2.59. The third-order valence-electron chi connectivity index (χ3n) is 7.69. The van der Waals surface area contributed by atoms with E-state index in [1.807, 2.05) is 24.3 Å². The normalized spacial score (nSPS) is 30.4. The molecule has 4 aliphatic rings. The summed E-state index contributed by atoms with van der Waals surface area (Å²) in [5.41, 5.74) is 0.750. The second kappa shape index (κ2) is 8.07. The van der Waals surface area contributed by atoms with Crippen molar-refractivity contribution in [1.29, 1.82) is 0 Å². The zero-order valence-corrected chi connectivity index (χ0v) is 19.3. The average Bonchev–Trinajstić information content (AvgIpc) is 2.70. The van der Waals surface area contributed by atoms with Gasteiger partial charge in [0.2, 0.25) is 0 Å². The molecule has 0 unspecified atom stereocenters. The minimum Gasteiger partial charge on any atom is -0.481 e. The fraction of sp³-hybridized carbons (Fsp3) is 0.542. The predicted octanol–water partition coefficient (Wildman–Crippen LogP) is 4.97. The molecule has 4 fully saturated rings. The maximum absolute atomic E-state index is 13.3. The molecule has 0 amide bonds. The number of hydrogen-bond acceptors (Lipinski definition) is 4. The molecule has 0 aliphatic heterocycles. The van der Waals surface area contributed by atoms with Gasteiger partial charge in [0.05, 0.1) is 23.8 Å². The summed E-state index contributed by atoms with van der Waals surface area (Å²) in [5.74, 6) is 0.168. The van der Waals surface area contributed by atoms with Crippen molar-refractivity contribution in [2.75, 3.05) is 11.9 Å². The second-order valence-corrected chi connectivity index (χ2v) is 11.0. The SMILES string of the molecule is O=C(O)CC12C[C@@H]3C[C@@H](C1)CC(n1ncc(NCCc4ccc(Cl)cc4)c(Cl)c1=O)(C3)C2. The summed E-state index contributed by atoms with van der Waals surface area (Å²) >= 11 is 12.4. The van der Waals surface area contributed by atoms with Crippen LogP contribution in [0.15, 0.2) is 35.3 Å². The highest BCUT2D eigenvalue weighted by atomic mass is 35.5. The lowest BCUT2D eigenvalue weighted by atomic mass is 9.46. The minimum atomic E-state index is -0.749. The first-order valence-corrected chi connectivity index (χ1v) is 12.0. The van der Waals surface area contributed by atoms with E-state index in [0.29, 0.717) is 35.5 Å². The van der Waals surface area contributed by atoms with Crippen LogP contribution in [-0.4, -0.2) is 27.4 Å². The highest BCUT2D eigenvalue weighted by Gasteiger charge is 2.59. The molecule has 8 heteroatoms. The van der Waals surface area contributed by atoms with Crippen LogP contribution in [0, 0.1) is 17.3 Å². The zero-order valence-electron chi connectivity index (χ0n) is 17.8. The van der Waals surface area contributed by atoms with Gasteiger partial charge < -0.3 is 10.4 Å². The van der Waals surface area contributed by atoms with Gasteiger partial charge in [0.1, 0.15) is 5.02 Å². The van der Waals surface area contributed by atoms with Crippen molar-refractivity contribution < 1.29 is 9.90 Å². The van der Waals surface area contributed by atoms with Gasteiger partial charge in [-0.15, -0.1) is 0 Å². The van der Waals surface area contributed by atoms with Crippen molar-refractivity contribution in [2.24, 2.45) is 17.3 Å². The molecule has 1 aromatic heterocycles. The van der Waals surface area contributed by atoms with Crippen LogP contribution in [0.4, 0.5) is 5.69 Å². The van der Waals surface area contributed by atoms with E-state index in [0.717, 1.165) is 44.1 Å². The first-order chi connectivity index (χ1) is 15.3. The Labute approximate surface area is 196 Å². The molecule has 170 valence electrons. The number of aromatic nitrogens is 2. The zero-order chi connectivity index (χ0) is 22.5. The molecule has 1 heterocycles. The van der Waals surface area contributed by atoms with Crippen molar-refractivity contribution >= 4 is 34.9 Å². The van der Waals surface area contributed by atoms with E-state index in [9.17, 15) is 14.7 Å². The molecule has 1 aromatic carbocycles. The molecule has 2 atom stereocenters. The Hall–Kier alpha value is -2.05. The highest BCUT2D eigenvalue weighted by Crippen LogP contribution is 2.65. The summed E-state index contributed by atoms with van der Waals surface area (Å²) in [7, 11) is 0. The van der Waals surface area contributed by atoms with E-state index < -0.39 is 11.5 Å². The summed E-state index contributed by atoms with van der Waals surface area (Å²) < 4.78 is 1.59. The molecular weight excluding hydrogens is 449 g/mol. The Kier molecular flexibility index (Phi) is 5.49. The Morgan fingerprint density at radius 3 is 2.50 bits per heavy atom. The number of carboxylic acids is 1. The van der Waals surface area contributed by atoms with Crippen molar-refractivity contribution in [1.82, 2.24) is 9.78 Å². The van der Waals surface area contributed by atoms with Gasteiger partial charge in [-0.25, -0.2) is 4.68 Å². The summed E-state index contributed by atoms with van der Waals surface area (Å²) in [6.07, 6.45) is 8.09. The Bertz CT molecular complexity index is 1080. The van der Waals surface area contributed by atoms with Gasteiger partial charge in [-0.1, -0.05) is 35.3 Å². The van der Waals surface area contributed by atoms with E-state index in [2.05, 4.69) is 10.4 Å². The van der Waals surface area contributed by atoms with Gasteiger partial charge in [-0.3, -0.25) is 9.59 Å². The molecule has 0 spiro atoms. The van der Waals surface area contributed by atoms with Gasteiger partial charge in [-0.2, -0.15) is 5.10 Å². The van der Waals surface area contributed by atoms with Crippen LogP contribution < -0.4 is 10.9 Å². The molecule has 6 rings (SSSR count).